The van der Waals surface area contributed by atoms with Gasteiger partial charge in [0.2, 0.25) is 11.0 Å². The molecule has 0 saturated carbocycles. The summed E-state index contributed by atoms with van der Waals surface area (Å²) in [6.45, 7) is 0.590. The second-order valence-electron chi connectivity index (χ2n) is 5.48. The Kier molecular flexibility index (Phi) is 5.18. The number of fused-ring (bicyclic) bond motifs is 1. The smallest absolute Gasteiger partial charge is 0.270 e. The summed E-state index contributed by atoms with van der Waals surface area (Å²) in [7, 11) is 0. The molecule has 0 aliphatic carbocycles. The lowest BCUT2D eigenvalue weighted by Crippen LogP contribution is -2.21. The molecule has 0 unspecified atom stereocenters. The van der Waals surface area contributed by atoms with Gasteiger partial charge in [-0.15, -0.1) is 10.2 Å². The Morgan fingerprint density at radius 2 is 2.04 bits per heavy atom. The van der Waals surface area contributed by atoms with E-state index < -0.39 is 4.92 Å². The summed E-state index contributed by atoms with van der Waals surface area (Å²) in [5.74, 6) is -0.226. The van der Waals surface area contributed by atoms with Crippen molar-refractivity contribution in [3.05, 3.63) is 64.2 Å². The normalized spacial score (nSPS) is 11.1. The number of nitro groups is 1. The Hall–Kier alpha value is -3.33. The topological polar surface area (TPSA) is 116 Å². The molecular weight excluding hydrogens is 354 g/mol. The van der Waals surface area contributed by atoms with Gasteiger partial charge < -0.3 is 15.4 Å². The van der Waals surface area contributed by atoms with E-state index in [-0.39, 0.29) is 22.4 Å². The number of rotatable bonds is 5. The van der Waals surface area contributed by atoms with Crippen LogP contribution in [0.3, 0.4) is 0 Å². The van der Waals surface area contributed by atoms with E-state index in [4.69, 9.17) is 12.2 Å². The van der Waals surface area contributed by atoms with E-state index in [0.717, 1.165) is 6.42 Å². The molecule has 0 bridgehead atoms. The number of aromatic amines is 1. The molecule has 1 aromatic heterocycles. The molecule has 0 fully saturated rings. The molecule has 0 aliphatic rings. The lowest BCUT2D eigenvalue weighted by atomic mass is 10.1. The second-order valence-corrected chi connectivity index (χ2v) is 5.86. The van der Waals surface area contributed by atoms with E-state index in [9.17, 15) is 15.2 Å². The minimum Gasteiger partial charge on any atom is -0.493 e. The Balaban J connectivity index is 1.69. The number of benzene rings is 2. The molecule has 1 heterocycles. The Morgan fingerprint density at radius 1 is 1.27 bits per heavy atom. The van der Waals surface area contributed by atoms with E-state index in [1.54, 1.807) is 0 Å². The molecule has 0 radical (unpaired) electrons. The molecule has 0 atom stereocenters. The number of aromatic hydroxyl groups is 1. The van der Waals surface area contributed by atoms with Gasteiger partial charge in [0.15, 0.2) is 5.69 Å². The van der Waals surface area contributed by atoms with Crippen molar-refractivity contribution in [1.82, 2.24) is 10.3 Å². The zero-order valence-corrected chi connectivity index (χ0v) is 14.4. The van der Waals surface area contributed by atoms with Gasteiger partial charge in [-0.05, 0) is 30.3 Å². The van der Waals surface area contributed by atoms with Crippen LogP contribution in [0.4, 0.5) is 11.4 Å². The van der Waals surface area contributed by atoms with Crippen molar-refractivity contribution in [3.63, 3.8) is 0 Å². The Labute approximate surface area is 153 Å². The second kappa shape index (κ2) is 7.70. The van der Waals surface area contributed by atoms with Gasteiger partial charge in [0.05, 0.1) is 10.4 Å². The third kappa shape index (κ3) is 4.01. The number of nitro benzene ring substituents is 1. The van der Waals surface area contributed by atoms with Crippen LogP contribution in [-0.2, 0) is 6.42 Å². The van der Waals surface area contributed by atoms with Crippen molar-refractivity contribution in [1.29, 1.82) is 0 Å². The molecule has 2 aromatic carbocycles. The van der Waals surface area contributed by atoms with Crippen LogP contribution in [0.5, 0.6) is 5.88 Å². The van der Waals surface area contributed by atoms with Crippen LogP contribution in [-0.4, -0.2) is 26.7 Å². The fourth-order valence-corrected chi connectivity index (χ4v) is 2.60. The van der Waals surface area contributed by atoms with Crippen LogP contribution in [0.2, 0.25) is 0 Å². The highest BCUT2D eigenvalue weighted by Crippen LogP contribution is 2.37. The molecule has 3 rings (SSSR count). The molecule has 0 aliphatic heterocycles. The maximum atomic E-state index is 10.9. The van der Waals surface area contributed by atoms with Gasteiger partial charge >= 0.3 is 0 Å². The average Bonchev–Trinajstić information content (AvgIpc) is 2.95. The zero-order valence-electron chi connectivity index (χ0n) is 13.5. The fraction of sp³-hybridized carbons (Fsp3) is 0.118. The molecule has 3 aromatic rings. The number of aromatic nitrogens is 1. The van der Waals surface area contributed by atoms with E-state index in [2.05, 4.69) is 20.5 Å². The number of thiocarbonyl (C=S) groups is 1. The van der Waals surface area contributed by atoms with Gasteiger partial charge in [-0.25, -0.2) is 0 Å². The summed E-state index contributed by atoms with van der Waals surface area (Å²) in [5.41, 5.74) is 1.69. The van der Waals surface area contributed by atoms with Crippen molar-refractivity contribution in [2.24, 2.45) is 10.2 Å². The highest BCUT2D eigenvalue weighted by Gasteiger charge is 2.15. The van der Waals surface area contributed by atoms with E-state index >= 15 is 0 Å². The molecule has 0 spiro atoms. The van der Waals surface area contributed by atoms with Gasteiger partial charge in [-0.1, -0.05) is 30.3 Å². The fourth-order valence-electron chi connectivity index (χ4n) is 2.46. The third-order valence-corrected chi connectivity index (χ3v) is 3.95. The van der Waals surface area contributed by atoms with Crippen LogP contribution < -0.4 is 5.32 Å². The van der Waals surface area contributed by atoms with Gasteiger partial charge in [-0.2, -0.15) is 0 Å². The van der Waals surface area contributed by atoms with Crippen molar-refractivity contribution in [2.45, 2.75) is 6.42 Å². The van der Waals surface area contributed by atoms with Gasteiger partial charge in [0.1, 0.15) is 0 Å². The first-order chi connectivity index (χ1) is 12.5. The van der Waals surface area contributed by atoms with Gasteiger partial charge in [0.25, 0.3) is 5.69 Å². The van der Waals surface area contributed by atoms with Crippen molar-refractivity contribution < 1.29 is 10.0 Å². The van der Waals surface area contributed by atoms with Crippen LogP contribution in [0.1, 0.15) is 5.56 Å². The summed E-state index contributed by atoms with van der Waals surface area (Å²) in [6.07, 6.45) is 0.779. The SMILES string of the molecule is O=[N+]([O-])c1ccc2[nH]c(O)c(N=NC(=S)NCCc3ccccc3)c2c1. The highest BCUT2D eigenvalue weighted by molar-refractivity contribution is 7.80. The third-order valence-electron chi connectivity index (χ3n) is 3.72. The Bertz CT molecular complexity index is 985. The number of non-ortho nitro benzene ring substituents is 1. The number of hydrogen-bond acceptors (Lipinski definition) is 5. The molecule has 8 nitrogen and oxygen atoms in total. The van der Waals surface area contributed by atoms with Gasteiger partial charge in [-0.3, -0.25) is 10.1 Å². The van der Waals surface area contributed by atoms with Crippen LogP contribution in [0, 0.1) is 10.1 Å². The summed E-state index contributed by atoms with van der Waals surface area (Å²) < 4.78 is 0. The first kappa shape index (κ1) is 17.5. The number of hydrogen-bond donors (Lipinski definition) is 3. The van der Waals surface area contributed by atoms with E-state index in [1.165, 1.54) is 23.8 Å². The summed E-state index contributed by atoms with van der Waals surface area (Å²) in [5, 5.41) is 32.2. The van der Waals surface area contributed by atoms with Crippen LogP contribution >= 0.6 is 12.2 Å². The predicted molar refractivity (Wildman–Crippen MR) is 102 cm³/mol. The predicted octanol–water partition coefficient (Wildman–Crippen LogP) is 3.98. The monoisotopic (exact) mass is 369 g/mol. The van der Waals surface area contributed by atoms with Crippen molar-refractivity contribution in [2.75, 3.05) is 6.54 Å². The molecule has 0 saturated heterocycles. The number of H-pyrrole nitrogens is 1. The lowest BCUT2D eigenvalue weighted by molar-refractivity contribution is -0.384. The van der Waals surface area contributed by atoms with Crippen LogP contribution in [0.25, 0.3) is 10.9 Å². The largest absolute Gasteiger partial charge is 0.493 e. The summed E-state index contributed by atoms with van der Waals surface area (Å²) >= 11 is 5.10. The van der Waals surface area contributed by atoms with Crippen LogP contribution in [0.15, 0.2) is 58.8 Å². The maximum absolute atomic E-state index is 10.9. The molecule has 9 heteroatoms. The quantitative estimate of drug-likeness (QED) is 0.272. The molecular formula is C17H15N5O3S. The van der Waals surface area contributed by atoms with Gasteiger partial charge in [0, 0.05) is 24.1 Å². The minimum absolute atomic E-state index is 0.100. The maximum Gasteiger partial charge on any atom is 0.270 e. The number of azo groups is 1. The molecule has 0 amide bonds. The zero-order chi connectivity index (χ0) is 18.5. The number of nitrogens with zero attached hydrogens (tertiary/aromatic N) is 3. The Morgan fingerprint density at radius 3 is 2.77 bits per heavy atom. The molecule has 3 N–H and O–H groups in total. The molecule has 26 heavy (non-hydrogen) atoms. The number of nitrogens with one attached hydrogen (secondary N) is 2. The lowest BCUT2D eigenvalue weighted by Gasteiger charge is -2.03. The highest BCUT2D eigenvalue weighted by atomic mass is 32.1. The first-order valence-electron chi connectivity index (χ1n) is 7.77. The summed E-state index contributed by atoms with van der Waals surface area (Å²) in [6, 6.07) is 14.1. The summed E-state index contributed by atoms with van der Waals surface area (Å²) in [4.78, 5) is 13.1. The molecule has 132 valence electrons. The van der Waals surface area contributed by atoms with Crippen molar-refractivity contribution in [3.8, 4) is 5.88 Å². The first-order valence-corrected chi connectivity index (χ1v) is 8.18. The average molecular weight is 369 g/mol. The standard InChI is InChI=1S/C17H15N5O3S/c23-16-15(13-10-12(22(24)25)6-7-14(13)19-16)20-21-17(26)18-9-8-11-4-2-1-3-5-11/h1-7,10,19,23H,8-9H2,(H,18,26). The van der Waals surface area contributed by atoms with Crippen molar-refractivity contribution >= 4 is 39.6 Å². The van der Waals surface area contributed by atoms with E-state index in [1.807, 2.05) is 30.3 Å². The minimum atomic E-state index is -0.514. The van der Waals surface area contributed by atoms with E-state index in [0.29, 0.717) is 17.4 Å².